The highest BCUT2D eigenvalue weighted by molar-refractivity contribution is 6.52. The quantitative estimate of drug-likeness (QED) is 0.246. The number of carbonyl (C=O) groups is 2. The minimum atomic E-state index is -0.910. The number of ether oxygens (including phenoxy) is 1. The summed E-state index contributed by atoms with van der Waals surface area (Å²) in [5.41, 5.74) is 3.10. The van der Waals surface area contributed by atoms with Crippen LogP contribution in [0.25, 0.3) is 16.5 Å². The van der Waals surface area contributed by atoms with Crippen molar-refractivity contribution in [1.82, 2.24) is 4.98 Å². The van der Waals surface area contributed by atoms with Crippen molar-refractivity contribution in [1.29, 1.82) is 0 Å². The summed E-state index contributed by atoms with van der Waals surface area (Å²) in [6.07, 6.45) is 1.61. The summed E-state index contributed by atoms with van der Waals surface area (Å²) in [6.45, 7) is 3.77. The van der Waals surface area contributed by atoms with Crippen LogP contribution >= 0.6 is 0 Å². The van der Waals surface area contributed by atoms with Crippen LogP contribution in [0.3, 0.4) is 0 Å². The minimum absolute atomic E-state index is 0.0232. The fraction of sp³-hybridized carbons (Fsp3) is 0.138. The summed E-state index contributed by atoms with van der Waals surface area (Å²) in [6, 6.07) is 21.4. The fourth-order valence-corrected chi connectivity index (χ4v) is 4.86. The standard InChI is InChI=1S/C29H24N2O4/c1-17-15-18(2)28(35-3)21(16-17)26(32)24-25(22-12-6-7-14-30-22)31(29(34)27(24)33)23-13-8-10-19-9-4-5-11-20(19)23/h4-16,25,32H,1-3H3/b26-24+. The largest absolute Gasteiger partial charge is 0.507 e. The Bertz CT molecular complexity index is 1500. The molecule has 6 heteroatoms. The third kappa shape index (κ3) is 3.64. The first-order chi connectivity index (χ1) is 16.9. The van der Waals surface area contributed by atoms with E-state index in [1.807, 2.05) is 56.3 Å². The zero-order valence-corrected chi connectivity index (χ0v) is 19.6. The molecule has 6 nitrogen and oxygen atoms in total. The summed E-state index contributed by atoms with van der Waals surface area (Å²) in [5.74, 6) is -1.33. The molecule has 0 radical (unpaired) electrons. The second kappa shape index (κ2) is 8.72. The molecule has 1 amide bonds. The molecule has 1 atom stereocenters. The first-order valence-corrected chi connectivity index (χ1v) is 11.3. The highest BCUT2D eigenvalue weighted by atomic mass is 16.5. The van der Waals surface area contributed by atoms with Crippen LogP contribution < -0.4 is 9.64 Å². The Morgan fingerprint density at radius 1 is 0.971 bits per heavy atom. The van der Waals surface area contributed by atoms with Gasteiger partial charge in [0.15, 0.2) is 0 Å². The monoisotopic (exact) mass is 464 g/mol. The summed E-state index contributed by atoms with van der Waals surface area (Å²) < 4.78 is 5.56. The molecular formula is C29H24N2O4. The lowest BCUT2D eigenvalue weighted by Crippen LogP contribution is -2.30. The molecule has 0 saturated carbocycles. The van der Waals surface area contributed by atoms with Gasteiger partial charge in [0.2, 0.25) is 0 Å². The fourth-order valence-electron chi connectivity index (χ4n) is 4.86. The smallest absolute Gasteiger partial charge is 0.300 e. The SMILES string of the molecule is COc1c(C)cc(C)cc1/C(O)=C1\C(=O)C(=O)N(c2cccc3ccccc23)C1c1ccccn1. The average molecular weight is 465 g/mol. The molecule has 5 rings (SSSR count). The van der Waals surface area contributed by atoms with Gasteiger partial charge in [-0.3, -0.25) is 19.5 Å². The number of amides is 1. The normalized spacial score (nSPS) is 17.2. The molecule has 1 N–H and O–H groups in total. The van der Waals surface area contributed by atoms with Crippen molar-refractivity contribution in [3.05, 3.63) is 107 Å². The first kappa shape index (κ1) is 22.3. The van der Waals surface area contributed by atoms with E-state index in [-0.39, 0.29) is 11.3 Å². The lowest BCUT2D eigenvalue weighted by molar-refractivity contribution is -0.132. The molecule has 174 valence electrons. The Kier molecular flexibility index (Phi) is 5.57. The third-order valence-corrected chi connectivity index (χ3v) is 6.32. The van der Waals surface area contributed by atoms with E-state index >= 15 is 0 Å². The summed E-state index contributed by atoms with van der Waals surface area (Å²) >= 11 is 0. The number of rotatable bonds is 4. The number of nitrogens with zero attached hydrogens (tertiary/aromatic N) is 2. The van der Waals surface area contributed by atoms with Gasteiger partial charge in [-0.05, 0) is 54.6 Å². The molecule has 1 aliphatic heterocycles. The molecule has 0 aliphatic carbocycles. The zero-order chi connectivity index (χ0) is 24.7. The average Bonchev–Trinajstić information content (AvgIpc) is 3.13. The van der Waals surface area contributed by atoms with E-state index in [2.05, 4.69) is 4.98 Å². The summed E-state index contributed by atoms with van der Waals surface area (Å²) in [7, 11) is 1.51. The van der Waals surface area contributed by atoms with E-state index in [1.165, 1.54) is 12.0 Å². The van der Waals surface area contributed by atoms with Gasteiger partial charge in [-0.1, -0.05) is 48.5 Å². The number of methoxy groups -OCH3 is 1. The maximum absolute atomic E-state index is 13.5. The first-order valence-electron chi connectivity index (χ1n) is 11.3. The molecule has 4 aromatic rings. The number of carbonyl (C=O) groups excluding carboxylic acids is 2. The Morgan fingerprint density at radius 3 is 2.46 bits per heavy atom. The van der Waals surface area contributed by atoms with E-state index in [4.69, 9.17) is 4.74 Å². The Morgan fingerprint density at radius 2 is 1.71 bits per heavy atom. The summed E-state index contributed by atoms with van der Waals surface area (Å²) in [4.78, 5) is 33.0. The molecular weight excluding hydrogens is 440 g/mol. The number of hydrogen-bond donors (Lipinski definition) is 1. The van der Waals surface area contributed by atoms with Gasteiger partial charge in [0.25, 0.3) is 11.7 Å². The molecule has 0 bridgehead atoms. The van der Waals surface area contributed by atoms with Crippen LogP contribution in [0.4, 0.5) is 5.69 Å². The number of fused-ring (bicyclic) bond motifs is 1. The van der Waals surface area contributed by atoms with E-state index in [1.54, 1.807) is 36.5 Å². The van der Waals surface area contributed by atoms with E-state index in [0.29, 0.717) is 22.7 Å². The number of Topliss-reactive ketones (excluding diaryl/α,β-unsaturated/α-hetero) is 1. The van der Waals surface area contributed by atoms with Crippen molar-refractivity contribution in [2.45, 2.75) is 19.9 Å². The lowest BCUT2D eigenvalue weighted by atomic mass is 9.95. The zero-order valence-electron chi connectivity index (χ0n) is 19.6. The molecule has 1 aliphatic rings. The van der Waals surface area contributed by atoms with Crippen LogP contribution in [0, 0.1) is 13.8 Å². The van der Waals surface area contributed by atoms with Crippen LogP contribution in [0.2, 0.25) is 0 Å². The van der Waals surface area contributed by atoms with Crippen LogP contribution in [0.5, 0.6) is 5.75 Å². The highest BCUT2D eigenvalue weighted by Crippen LogP contribution is 2.44. The predicted molar refractivity (Wildman–Crippen MR) is 135 cm³/mol. The van der Waals surface area contributed by atoms with Crippen LogP contribution in [-0.4, -0.2) is 28.9 Å². The van der Waals surface area contributed by atoms with Gasteiger partial charge in [-0.15, -0.1) is 0 Å². The number of anilines is 1. The van der Waals surface area contributed by atoms with Crippen molar-refractivity contribution >= 4 is 33.9 Å². The van der Waals surface area contributed by atoms with Gasteiger partial charge < -0.3 is 9.84 Å². The number of hydrogen-bond acceptors (Lipinski definition) is 5. The van der Waals surface area contributed by atoms with Crippen LogP contribution in [0.1, 0.15) is 28.4 Å². The predicted octanol–water partition coefficient (Wildman–Crippen LogP) is 5.49. The number of pyridine rings is 1. The van der Waals surface area contributed by atoms with Crippen molar-refractivity contribution in [2.24, 2.45) is 0 Å². The lowest BCUT2D eigenvalue weighted by Gasteiger charge is -2.26. The molecule has 3 aromatic carbocycles. The maximum Gasteiger partial charge on any atom is 0.300 e. The van der Waals surface area contributed by atoms with Gasteiger partial charge in [0.1, 0.15) is 17.6 Å². The van der Waals surface area contributed by atoms with Gasteiger partial charge in [0.05, 0.1) is 29.6 Å². The van der Waals surface area contributed by atoms with Gasteiger partial charge in [-0.2, -0.15) is 0 Å². The van der Waals surface area contributed by atoms with Gasteiger partial charge in [-0.25, -0.2) is 0 Å². The van der Waals surface area contributed by atoms with E-state index in [9.17, 15) is 14.7 Å². The number of aliphatic hydroxyl groups is 1. The Labute approximate surface area is 203 Å². The Hall–Kier alpha value is -4.45. The van der Waals surface area contributed by atoms with Gasteiger partial charge >= 0.3 is 0 Å². The molecule has 1 unspecified atom stereocenters. The maximum atomic E-state index is 13.5. The highest BCUT2D eigenvalue weighted by Gasteiger charge is 2.48. The number of aromatic nitrogens is 1. The molecule has 1 aromatic heterocycles. The number of ketones is 1. The second-order valence-corrected chi connectivity index (χ2v) is 8.58. The van der Waals surface area contributed by atoms with Crippen molar-refractivity contribution in [2.75, 3.05) is 12.0 Å². The van der Waals surface area contributed by atoms with Crippen LogP contribution in [-0.2, 0) is 9.59 Å². The number of aliphatic hydroxyl groups excluding tert-OH is 1. The molecule has 1 fully saturated rings. The van der Waals surface area contributed by atoms with Crippen molar-refractivity contribution in [3.63, 3.8) is 0 Å². The van der Waals surface area contributed by atoms with Gasteiger partial charge in [0, 0.05) is 11.6 Å². The molecule has 35 heavy (non-hydrogen) atoms. The van der Waals surface area contributed by atoms with E-state index in [0.717, 1.165) is 21.9 Å². The number of aryl methyl sites for hydroxylation is 2. The second-order valence-electron chi connectivity index (χ2n) is 8.58. The minimum Gasteiger partial charge on any atom is -0.507 e. The van der Waals surface area contributed by atoms with Crippen molar-refractivity contribution < 1.29 is 19.4 Å². The Balaban J connectivity index is 1.81. The number of benzene rings is 3. The van der Waals surface area contributed by atoms with Crippen LogP contribution in [0.15, 0.2) is 84.6 Å². The third-order valence-electron chi connectivity index (χ3n) is 6.32. The summed E-state index contributed by atoms with van der Waals surface area (Å²) in [5, 5.41) is 13.3. The topological polar surface area (TPSA) is 79.7 Å². The molecule has 1 saturated heterocycles. The van der Waals surface area contributed by atoms with E-state index < -0.39 is 17.7 Å². The molecule has 2 heterocycles. The molecule has 0 spiro atoms. The van der Waals surface area contributed by atoms with Crippen molar-refractivity contribution in [3.8, 4) is 5.75 Å².